The smallest absolute Gasteiger partial charge is 0.488 e. The minimum Gasteiger partial charge on any atom is -0.566 e. The Hall–Kier alpha value is -2.50. The molecule has 0 aromatic carbocycles. The minimum atomic E-state index is -8.75. The fourth-order valence-corrected chi connectivity index (χ4v) is 4.24. The Morgan fingerprint density at radius 3 is 0.618 bits per heavy atom. The number of halogens is 34. The Morgan fingerprint density at radius 1 is 0.324 bits per heavy atom. The SMILES string of the molecule is O=[P+]([O-])OCC(O)CC(F)(F)C(F)(F)C(F)(F)C(F)(F)C(F)(F)C(F)(F)C(F)(F)C(F)(F)F.O=[P+]([O-])OCC(O)CC(F)(F)C(F)(F)C(F)(F)C(F)(F)C(F)(F)C(F)(F)C(F)(F)C(F)(F)F.[NH4+].[NH4+]. The first kappa shape index (κ1) is 72.0. The van der Waals surface area contributed by atoms with Crippen LogP contribution in [0, 0.1) is 0 Å². The number of aliphatic hydroxyl groups excluding tert-OH is 2. The number of hydrogen-bond acceptors (Lipinski definition) is 8. The number of hydrogen-bond donors (Lipinski definition) is 4. The molecule has 68 heavy (non-hydrogen) atoms. The summed E-state index contributed by atoms with van der Waals surface area (Å²) >= 11 is 0. The molecule has 0 rings (SSSR count). The van der Waals surface area contributed by atoms with Gasteiger partial charge in [0.25, 0.3) is 0 Å². The number of alkyl halides is 34. The van der Waals surface area contributed by atoms with Crippen LogP contribution in [-0.4, -0.2) is 131 Å². The van der Waals surface area contributed by atoms with Gasteiger partial charge >= 0.3 is 112 Å². The van der Waals surface area contributed by atoms with E-state index in [0.717, 1.165) is 0 Å². The number of rotatable bonds is 22. The van der Waals surface area contributed by atoms with Crippen LogP contribution in [0.4, 0.5) is 149 Å². The van der Waals surface area contributed by atoms with Gasteiger partial charge < -0.3 is 32.3 Å². The van der Waals surface area contributed by atoms with E-state index < -0.39 is 150 Å². The van der Waals surface area contributed by atoms with E-state index in [0.29, 0.717) is 0 Å². The Labute approximate surface area is 350 Å². The van der Waals surface area contributed by atoms with Crippen molar-refractivity contribution in [2.45, 2.75) is 120 Å². The van der Waals surface area contributed by atoms with Gasteiger partial charge in [-0.1, -0.05) is 0 Å². The Kier molecular flexibility index (Phi) is 22.2. The van der Waals surface area contributed by atoms with Gasteiger partial charge in [0, 0.05) is 12.8 Å². The molecular weight excluding hydrogens is 1130 g/mol. The van der Waals surface area contributed by atoms with Gasteiger partial charge in [-0.05, 0) is 9.13 Å². The molecule has 0 radical (unpaired) electrons. The molecule has 0 heterocycles. The minimum absolute atomic E-state index is 0. The maximum absolute atomic E-state index is 13.4. The van der Waals surface area contributed by atoms with Crippen LogP contribution in [0.2, 0.25) is 0 Å². The van der Waals surface area contributed by atoms with Crippen LogP contribution in [0.1, 0.15) is 12.8 Å². The largest absolute Gasteiger partial charge is 0.566 e. The first-order valence-electron chi connectivity index (χ1n) is 14.5. The molecule has 4 atom stereocenters. The third-order valence-corrected chi connectivity index (χ3v) is 8.02. The van der Waals surface area contributed by atoms with Crippen LogP contribution in [0.25, 0.3) is 0 Å². The fourth-order valence-electron chi connectivity index (χ4n) is 3.65. The van der Waals surface area contributed by atoms with Crippen molar-refractivity contribution >= 4 is 16.5 Å². The lowest BCUT2D eigenvalue weighted by atomic mass is 9.88. The van der Waals surface area contributed by atoms with Crippen molar-refractivity contribution < 1.29 is 187 Å². The molecule has 46 heteroatoms. The van der Waals surface area contributed by atoms with Gasteiger partial charge in [0.1, 0.15) is 13.2 Å². The Balaban J connectivity index is -0.000000585. The molecule has 4 unspecified atom stereocenters. The third-order valence-electron chi connectivity index (χ3n) is 7.30. The number of aliphatic hydroxyl groups is 2. The summed E-state index contributed by atoms with van der Waals surface area (Å²) in [6.07, 6.45) is -28.6. The summed E-state index contributed by atoms with van der Waals surface area (Å²) in [5.41, 5.74) is 0. The predicted octanol–water partition coefficient (Wildman–Crippen LogP) is 10.3. The van der Waals surface area contributed by atoms with Gasteiger partial charge in [-0.3, -0.25) is 0 Å². The first-order valence-corrected chi connectivity index (χ1v) is 16.6. The van der Waals surface area contributed by atoms with Crippen LogP contribution in [0.5, 0.6) is 0 Å². The normalized spacial score (nSPS) is 16.7. The van der Waals surface area contributed by atoms with E-state index in [9.17, 15) is 168 Å². The molecule has 0 fully saturated rings. The molecule has 0 aromatic heterocycles. The van der Waals surface area contributed by atoms with E-state index in [1.54, 1.807) is 0 Å². The fraction of sp³-hybridized carbons (Fsp3) is 1.00. The Morgan fingerprint density at radius 2 is 0.471 bits per heavy atom. The summed E-state index contributed by atoms with van der Waals surface area (Å²) < 4.78 is 468. The summed E-state index contributed by atoms with van der Waals surface area (Å²) in [6.45, 7) is -3.86. The quantitative estimate of drug-likeness (QED) is 0.0603. The van der Waals surface area contributed by atoms with E-state index in [2.05, 4.69) is 9.05 Å². The lowest BCUT2D eigenvalue weighted by molar-refractivity contribution is -0.462. The van der Waals surface area contributed by atoms with Gasteiger partial charge in [-0.2, -0.15) is 149 Å². The van der Waals surface area contributed by atoms with Crippen LogP contribution < -0.4 is 22.1 Å². The summed E-state index contributed by atoms with van der Waals surface area (Å²) in [7, 11) is -8.00. The van der Waals surface area contributed by atoms with Crippen LogP contribution in [0.3, 0.4) is 0 Å². The van der Waals surface area contributed by atoms with Gasteiger partial charge in [0.15, 0.2) is 0 Å². The highest BCUT2D eigenvalue weighted by molar-refractivity contribution is 7.30. The lowest BCUT2D eigenvalue weighted by Crippen LogP contribution is -2.74. The second-order valence-electron chi connectivity index (χ2n) is 12.1. The summed E-state index contributed by atoms with van der Waals surface area (Å²) in [5.74, 6) is -115. The molecule has 412 valence electrons. The second kappa shape index (κ2) is 20.9. The topological polar surface area (TPSA) is 212 Å². The summed E-state index contributed by atoms with van der Waals surface area (Å²) in [6, 6.07) is 0. The molecule has 10 N–H and O–H groups in total. The van der Waals surface area contributed by atoms with Crippen LogP contribution >= 0.6 is 16.5 Å². The molecule has 0 aliphatic rings. The first-order chi connectivity index (χ1) is 28.1. The van der Waals surface area contributed by atoms with Crippen molar-refractivity contribution in [1.29, 1.82) is 0 Å². The highest BCUT2D eigenvalue weighted by atomic mass is 31.1. The maximum Gasteiger partial charge on any atom is 0.488 e. The zero-order valence-electron chi connectivity index (χ0n) is 31.1. The predicted molar refractivity (Wildman–Crippen MR) is 142 cm³/mol. The molecule has 0 saturated carbocycles. The van der Waals surface area contributed by atoms with Crippen molar-refractivity contribution in [3.63, 3.8) is 0 Å². The molecule has 10 nitrogen and oxygen atoms in total. The van der Waals surface area contributed by atoms with E-state index in [4.69, 9.17) is 10.2 Å². The summed E-state index contributed by atoms with van der Waals surface area (Å²) in [5, 5.41) is 17.6. The molecule has 0 aromatic rings. The van der Waals surface area contributed by atoms with Gasteiger partial charge in [-0.25, -0.2) is 0 Å². The van der Waals surface area contributed by atoms with E-state index in [-0.39, 0.29) is 12.3 Å². The van der Waals surface area contributed by atoms with Crippen molar-refractivity contribution in [2.75, 3.05) is 13.2 Å². The molecular formula is C22H20F34N2O8P2+2. The second-order valence-corrected chi connectivity index (χ2v) is 13.5. The zero-order valence-corrected chi connectivity index (χ0v) is 32.9. The van der Waals surface area contributed by atoms with Crippen molar-refractivity contribution in [3.05, 3.63) is 0 Å². The highest BCUT2D eigenvalue weighted by Crippen LogP contribution is 2.66. The average Bonchev–Trinajstić information content (AvgIpc) is 3.07. The zero-order chi connectivity index (χ0) is 54.6. The molecule has 0 saturated heterocycles. The van der Waals surface area contributed by atoms with Crippen molar-refractivity contribution in [3.8, 4) is 0 Å². The van der Waals surface area contributed by atoms with Gasteiger partial charge in [0.2, 0.25) is 0 Å². The highest BCUT2D eigenvalue weighted by Gasteiger charge is 2.97. The molecule has 0 amide bonds. The lowest BCUT2D eigenvalue weighted by Gasteiger charge is -2.43. The molecule has 0 aliphatic carbocycles. The average molecular weight is 1150 g/mol. The van der Waals surface area contributed by atoms with Crippen LogP contribution in [0.15, 0.2) is 0 Å². The maximum atomic E-state index is 13.4. The van der Waals surface area contributed by atoms with E-state index >= 15 is 0 Å². The van der Waals surface area contributed by atoms with Gasteiger partial charge in [-0.15, -0.1) is 9.05 Å². The van der Waals surface area contributed by atoms with E-state index in [1.165, 1.54) is 0 Å². The van der Waals surface area contributed by atoms with Crippen molar-refractivity contribution in [2.24, 2.45) is 0 Å². The summed E-state index contributed by atoms with van der Waals surface area (Å²) in [4.78, 5) is 19.9. The molecule has 0 bridgehead atoms. The Bertz CT molecular complexity index is 1570. The van der Waals surface area contributed by atoms with E-state index in [1.807, 2.05) is 0 Å². The molecule has 0 spiro atoms. The molecule has 0 aliphatic heterocycles. The van der Waals surface area contributed by atoms with Crippen molar-refractivity contribution in [1.82, 2.24) is 12.3 Å². The van der Waals surface area contributed by atoms with Gasteiger partial charge in [0.05, 0.1) is 12.2 Å². The monoisotopic (exact) mass is 1150 g/mol. The van der Waals surface area contributed by atoms with Crippen LogP contribution in [-0.2, 0) is 18.2 Å². The third kappa shape index (κ3) is 12.0. The number of quaternary nitrogens is 2. The standard InChI is InChI=1S/2C11H6F17O4P.2H3N/c2*12-4(13,1-3(29)2-32-33(30)31)5(14,15)6(16,17)7(18,19)8(20,21)9(22,23)10(24,25)11(26,27)28;;/h2*3,29H,1-2H2;2*1H3/p+2.